The zero-order valence-corrected chi connectivity index (χ0v) is 12.2. The minimum atomic E-state index is -3.69. The van der Waals surface area contributed by atoms with Gasteiger partial charge in [-0.15, -0.1) is 0 Å². The highest BCUT2D eigenvalue weighted by atomic mass is 32.2. The molecule has 2 rings (SSSR count). The first-order chi connectivity index (χ1) is 9.90. The van der Waals surface area contributed by atoms with Crippen molar-refractivity contribution < 1.29 is 13.2 Å². The van der Waals surface area contributed by atoms with Crippen LogP contribution in [-0.2, 0) is 10.0 Å². The van der Waals surface area contributed by atoms with Gasteiger partial charge < -0.3 is 5.73 Å². The monoisotopic (exact) mass is 305 g/mol. The van der Waals surface area contributed by atoms with Crippen molar-refractivity contribution in [2.75, 3.05) is 0 Å². The van der Waals surface area contributed by atoms with Crippen molar-refractivity contribution in [1.82, 2.24) is 9.71 Å². The lowest BCUT2D eigenvalue weighted by molar-refractivity contribution is 0.1000. The number of carbonyl (C=O) groups is 1. The van der Waals surface area contributed by atoms with Gasteiger partial charge in [-0.05, 0) is 43.3 Å². The molecule has 0 bridgehead atoms. The van der Waals surface area contributed by atoms with Crippen LogP contribution >= 0.6 is 0 Å². The smallest absolute Gasteiger partial charge is 0.248 e. The van der Waals surface area contributed by atoms with Crippen LogP contribution < -0.4 is 10.5 Å². The number of nitrogens with zero attached hydrogens (tertiary/aromatic N) is 1. The van der Waals surface area contributed by atoms with Crippen molar-refractivity contribution in [2.24, 2.45) is 5.73 Å². The summed E-state index contributed by atoms with van der Waals surface area (Å²) in [6.07, 6.45) is 1.60. The molecule has 1 atom stereocenters. The van der Waals surface area contributed by atoms with Crippen LogP contribution in [0.2, 0.25) is 0 Å². The van der Waals surface area contributed by atoms with E-state index < -0.39 is 22.0 Å². The average Bonchev–Trinajstić information content (AvgIpc) is 2.48. The summed E-state index contributed by atoms with van der Waals surface area (Å²) in [4.78, 5) is 15.1. The lowest BCUT2D eigenvalue weighted by Gasteiger charge is -2.13. The second kappa shape index (κ2) is 6.02. The fourth-order valence-electron chi connectivity index (χ4n) is 1.79. The van der Waals surface area contributed by atoms with Crippen molar-refractivity contribution in [2.45, 2.75) is 17.9 Å². The molecule has 1 aromatic carbocycles. The third-order valence-corrected chi connectivity index (χ3v) is 4.47. The number of carbonyl (C=O) groups excluding carboxylic acids is 1. The molecule has 110 valence electrons. The van der Waals surface area contributed by atoms with Crippen LogP contribution in [0.4, 0.5) is 0 Å². The Labute approximate surface area is 123 Å². The molecule has 0 aliphatic carbocycles. The van der Waals surface area contributed by atoms with E-state index in [2.05, 4.69) is 9.71 Å². The van der Waals surface area contributed by atoms with E-state index in [4.69, 9.17) is 5.73 Å². The predicted octanol–water partition coefficient (Wildman–Crippen LogP) is 1.22. The largest absolute Gasteiger partial charge is 0.366 e. The maximum atomic E-state index is 12.2. The number of nitrogens with two attached hydrogens (primary N) is 1. The van der Waals surface area contributed by atoms with E-state index in [9.17, 15) is 13.2 Å². The number of sulfonamides is 1. The molecule has 6 nitrogen and oxygen atoms in total. The van der Waals surface area contributed by atoms with E-state index in [-0.39, 0.29) is 10.5 Å². The van der Waals surface area contributed by atoms with Gasteiger partial charge in [0.15, 0.2) is 0 Å². The topological polar surface area (TPSA) is 102 Å². The Morgan fingerprint density at radius 3 is 2.38 bits per heavy atom. The van der Waals surface area contributed by atoms with Gasteiger partial charge in [0, 0.05) is 11.8 Å². The molecule has 0 unspecified atom stereocenters. The third kappa shape index (κ3) is 3.65. The molecule has 0 fully saturated rings. The molecule has 0 aliphatic rings. The van der Waals surface area contributed by atoms with Gasteiger partial charge in [-0.1, -0.05) is 6.07 Å². The van der Waals surface area contributed by atoms with Gasteiger partial charge in [0.1, 0.15) is 0 Å². The van der Waals surface area contributed by atoms with E-state index in [0.717, 1.165) is 0 Å². The minimum Gasteiger partial charge on any atom is -0.366 e. The van der Waals surface area contributed by atoms with E-state index in [1.165, 1.54) is 24.3 Å². The van der Waals surface area contributed by atoms with Gasteiger partial charge in [-0.2, -0.15) is 0 Å². The first-order valence-corrected chi connectivity index (χ1v) is 7.71. The van der Waals surface area contributed by atoms with Crippen LogP contribution in [0.5, 0.6) is 0 Å². The lowest BCUT2D eigenvalue weighted by Crippen LogP contribution is -2.27. The highest BCUT2D eigenvalue weighted by Gasteiger charge is 2.19. The molecule has 7 heteroatoms. The molecule has 0 radical (unpaired) electrons. The number of amides is 1. The summed E-state index contributed by atoms with van der Waals surface area (Å²) >= 11 is 0. The van der Waals surface area contributed by atoms with Crippen LogP contribution in [0, 0.1) is 0 Å². The van der Waals surface area contributed by atoms with Gasteiger partial charge >= 0.3 is 0 Å². The number of pyridine rings is 1. The Kier molecular flexibility index (Phi) is 4.35. The number of nitrogens with one attached hydrogen (secondary N) is 1. The number of hydrogen-bond donors (Lipinski definition) is 2. The van der Waals surface area contributed by atoms with Crippen molar-refractivity contribution in [3.63, 3.8) is 0 Å². The first-order valence-electron chi connectivity index (χ1n) is 6.23. The zero-order valence-electron chi connectivity index (χ0n) is 11.4. The van der Waals surface area contributed by atoms with Crippen LogP contribution in [-0.4, -0.2) is 19.3 Å². The zero-order chi connectivity index (χ0) is 15.5. The molecule has 21 heavy (non-hydrogen) atoms. The maximum absolute atomic E-state index is 12.2. The average molecular weight is 305 g/mol. The molecule has 0 saturated carbocycles. The number of aromatic nitrogens is 1. The first kappa shape index (κ1) is 15.1. The molecule has 3 N–H and O–H groups in total. The highest BCUT2D eigenvalue weighted by molar-refractivity contribution is 7.89. The molecule has 0 spiro atoms. The van der Waals surface area contributed by atoms with Crippen LogP contribution in [0.15, 0.2) is 53.6 Å². The summed E-state index contributed by atoms with van der Waals surface area (Å²) < 4.78 is 27.0. The summed E-state index contributed by atoms with van der Waals surface area (Å²) in [5.41, 5.74) is 5.99. The summed E-state index contributed by atoms with van der Waals surface area (Å²) in [6, 6.07) is 10.3. The van der Waals surface area contributed by atoms with E-state index >= 15 is 0 Å². The van der Waals surface area contributed by atoms with Gasteiger partial charge in [0.25, 0.3) is 0 Å². The Bertz CT molecular complexity index is 728. The minimum absolute atomic E-state index is 0.0651. The van der Waals surface area contributed by atoms with Gasteiger partial charge in [-0.3, -0.25) is 9.78 Å². The van der Waals surface area contributed by atoms with Gasteiger partial charge in [-0.25, -0.2) is 13.1 Å². The van der Waals surface area contributed by atoms with Crippen molar-refractivity contribution in [3.05, 3.63) is 59.9 Å². The highest BCUT2D eigenvalue weighted by Crippen LogP contribution is 2.15. The third-order valence-electron chi connectivity index (χ3n) is 2.91. The number of benzene rings is 1. The Hall–Kier alpha value is -2.25. The molecule has 1 aromatic heterocycles. The summed E-state index contributed by atoms with van der Waals surface area (Å²) in [6.45, 7) is 1.71. The molecule has 0 aliphatic heterocycles. The van der Waals surface area contributed by atoms with E-state index in [0.29, 0.717) is 5.69 Å². The molecule has 2 aromatic rings. The van der Waals surface area contributed by atoms with Crippen LogP contribution in [0.3, 0.4) is 0 Å². The SMILES string of the molecule is C[C@H](NS(=O)(=O)c1ccc(C(N)=O)cc1)c1ccccn1. The number of hydrogen-bond acceptors (Lipinski definition) is 4. The Morgan fingerprint density at radius 2 is 1.86 bits per heavy atom. The fourth-order valence-corrected chi connectivity index (χ4v) is 3.01. The van der Waals surface area contributed by atoms with E-state index in [1.807, 2.05) is 0 Å². The fraction of sp³-hybridized carbons (Fsp3) is 0.143. The van der Waals surface area contributed by atoms with Crippen molar-refractivity contribution in [1.29, 1.82) is 0 Å². The normalized spacial score (nSPS) is 12.8. The Balaban J connectivity index is 2.20. The maximum Gasteiger partial charge on any atom is 0.248 e. The molecular formula is C14H15N3O3S. The lowest BCUT2D eigenvalue weighted by atomic mass is 10.2. The standard InChI is InChI=1S/C14H15N3O3S/c1-10(13-4-2-3-9-16-13)17-21(19,20)12-7-5-11(6-8-12)14(15)18/h2-10,17H,1H3,(H2,15,18)/t10-/m0/s1. The molecular weight excluding hydrogens is 290 g/mol. The molecule has 1 amide bonds. The number of primary amides is 1. The summed E-state index contributed by atoms with van der Waals surface area (Å²) in [5.74, 6) is -0.603. The predicted molar refractivity (Wildman–Crippen MR) is 77.9 cm³/mol. The van der Waals surface area contributed by atoms with Crippen molar-refractivity contribution in [3.8, 4) is 0 Å². The number of rotatable bonds is 5. The van der Waals surface area contributed by atoms with Crippen LogP contribution in [0.25, 0.3) is 0 Å². The second-order valence-electron chi connectivity index (χ2n) is 4.49. The van der Waals surface area contributed by atoms with Crippen LogP contribution in [0.1, 0.15) is 29.0 Å². The second-order valence-corrected chi connectivity index (χ2v) is 6.20. The van der Waals surface area contributed by atoms with Crippen molar-refractivity contribution >= 4 is 15.9 Å². The molecule has 1 heterocycles. The van der Waals surface area contributed by atoms with Gasteiger partial charge in [0.2, 0.25) is 15.9 Å². The molecule has 0 saturated heterocycles. The summed E-state index contributed by atoms with van der Waals surface area (Å²) in [5, 5.41) is 0. The van der Waals surface area contributed by atoms with E-state index in [1.54, 1.807) is 31.3 Å². The quantitative estimate of drug-likeness (QED) is 0.867. The van der Waals surface area contributed by atoms with Gasteiger partial charge in [0.05, 0.1) is 16.6 Å². The summed E-state index contributed by atoms with van der Waals surface area (Å²) in [7, 11) is -3.69. The Morgan fingerprint density at radius 1 is 1.19 bits per heavy atom.